The van der Waals surface area contributed by atoms with Crippen LogP contribution < -0.4 is 0 Å². The number of amides is 1. The summed E-state index contributed by atoms with van der Waals surface area (Å²) in [5.41, 5.74) is 2.32. The Morgan fingerprint density at radius 1 is 0.833 bits per heavy atom. The van der Waals surface area contributed by atoms with Crippen LogP contribution in [-0.4, -0.2) is 37.6 Å². The highest BCUT2D eigenvalue weighted by molar-refractivity contribution is 9.10. The Morgan fingerprint density at radius 3 is 1.80 bits per heavy atom. The molecule has 0 saturated carbocycles. The lowest BCUT2D eigenvalue weighted by atomic mass is 10.1. The zero-order valence-corrected chi connectivity index (χ0v) is 19.2. The first kappa shape index (κ1) is 22.2. The van der Waals surface area contributed by atoms with E-state index in [0.29, 0.717) is 23.1 Å². The van der Waals surface area contributed by atoms with E-state index in [4.69, 9.17) is 0 Å². The minimum atomic E-state index is -3.69. The Bertz CT molecular complexity index is 1080. The SMILES string of the molecule is CN(C)S(=O)(=O)c1cc(C(=O)N(Cc2ccccc2)Cc2ccccc2)ccc1Br. The molecule has 0 unspecified atom stereocenters. The zero-order chi connectivity index (χ0) is 21.7. The Balaban J connectivity index is 1.98. The number of carbonyl (C=O) groups excluding carboxylic acids is 1. The van der Waals surface area contributed by atoms with Crippen molar-refractivity contribution in [2.75, 3.05) is 14.1 Å². The molecule has 30 heavy (non-hydrogen) atoms. The molecule has 0 aliphatic carbocycles. The lowest BCUT2D eigenvalue weighted by Crippen LogP contribution is -2.30. The van der Waals surface area contributed by atoms with E-state index in [2.05, 4.69) is 15.9 Å². The van der Waals surface area contributed by atoms with Crippen molar-refractivity contribution in [3.8, 4) is 0 Å². The van der Waals surface area contributed by atoms with Crippen LogP contribution in [0.4, 0.5) is 0 Å². The van der Waals surface area contributed by atoms with E-state index in [1.807, 2.05) is 60.7 Å². The minimum Gasteiger partial charge on any atom is -0.330 e. The number of halogens is 1. The third-order valence-corrected chi connectivity index (χ3v) is 7.47. The van der Waals surface area contributed by atoms with Gasteiger partial charge in [0.25, 0.3) is 5.91 Å². The van der Waals surface area contributed by atoms with Crippen LogP contribution in [0.25, 0.3) is 0 Å². The summed E-state index contributed by atoms with van der Waals surface area (Å²) in [5, 5.41) is 0. The van der Waals surface area contributed by atoms with Gasteiger partial charge in [-0.05, 0) is 45.3 Å². The van der Waals surface area contributed by atoms with Crippen LogP contribution in [0.5, 0.6) is 0 Å². The monoisotopic (exact) mass is 486 g/mol. The number of nitrogens with zero attached hydrogens (tertiary/aromatic N) is 2. The summed E-state index contributed by atoms with van der Waals surface area (Å²) < 4.78 is 26.9. The van der Waals surface area contributed by atoms with Gasteiger partial charge in [0.15, 0.2) is 0 Å². The van der Waals surface area contributed by atoms with Crippen LogP contribution >= 0.6 is 15.9 Å². The summed E-state index contributed by atoms with van der Waals surface area (Å²) in [5.74, 6) is -0.231. The lowest BCUT2D eigenvalue weighted by molar-refractivity contribution is 0.0729. The van der Waals surface area contributed by atoms with Gasteiger partial charge in [-0.25, -0.2) is 12.7 Å². The van der Waals surface area contributed by atoms with Gasteiger partial charge < -0.3 is 4.90 Å². The van der Waals surface area contributed by atoms with Crippen molar-refractivity contribution in [1.29, 1.82) is 0 Å². The predicted molar refractivity (Wildman–Crippen MR) is 121 cm³/mol. The molecular formula is C23H23BrN2O3S. The zero-order valence-electron chi connectivity index (χ0n) is 16.8. The van der Waals surface area contributed by atoms with Crippen LogP contribution in [0.1, 0.15) is 21.5 Å². The van der Waals surface area contributed by atoms with E-state index >= 15 is 0 Å². The van der Waals surface area contributed by atoms with E-state index in [-0.39, 0.29) is 10.8 Å². The van der Waals surface area contributed by atoms with Crippen LogP contribution in [0.3, 0.4) is 0 Å². The number of carbonyl (C=O) groups is 1. The van der Waals surface area contributed by atoms with Gasteiger partial charge in [-0.2, -0.15) is 0 Å². The summed E-state index contributed by atoms with van der Waals surface area (Å²) in [6.45, 7) is 0.834. The van der Waals surface area contributed by atoms with Crippen LogP contribution in [0.15, 0.2) is 88.2 Å². The first-order chi connectivity index (χ1) is 14.3. The average Bonchev–Trinajstić information content (AvgIpc) is 2.74. The molecule has 0 radical (unpaired) electrons. The number of benzene rings is 3. The molecule has 0 saturated heterocycles. The van der Waals surface area contributed by atoms with E-state index in [9.17, 15) is 13.2 Å². The molecule has 1 amide bonds. The van der Waals surface area contributed by atoms with E-state index in [0.717, 1.165) is 15.4 Å². The summed E-state index contributed by atoms with van der Waals surface area (Å²) in [6.07, 6.45) is 0. The minimum absolute atomic E-state index is 0.0673. The fourth-order valence-corrected chi connectivity index (χ4v) is 4.86. The van der Waals surface area contributed by atoms with Gasteiger partial charge in [0.2, 0.25) is 10.0 Å². The molecular weight excluding hydrogens is 464 g/mol. The predicted octanol–water partition coefficient (Wildman–Crippen LogP) is 4.54. The van der Waals surface area contributed by atoms with Crippen molar-refractivity contribution in [2.24, 2.45) is 0 Å². The van der Waals surface area contributed by atoms with E-state index in [1.165, 1.54) is 20.2 Å². The highest BCUT2D eigenvalue weighted by atomic mass is 79.9. The van der Waals surface area contributed by atoms with Gasteiger partial charge >= 0.3 is 0 Å². The molecule has 0 aromatic heterocycles. The molecule has 0 aliphatic rings. The molecule has 0 aliphatic heterocycles. The Hall–Kier alpha value is -2.48. The van der Waals surface area contributed by atoms with Gasteiger partial charge in [0.05, 0.1) is 4.90 Å². The van der Waals surface area contributed by atoms with Crippen LogP contribution in [0.2, 0.25) is 0 Å². The normalized spacial score (nSPS) is 11.5. The smallest absolute Gasteiger partial charge is 0.254 e. The van der Waals surface area contributed by atoms with Crippen molar-refractivity contribution in [2.45, 2.75) is 18.0 Å². The Labute approximate surface area is 186 Å². The molecule has 0 fully saturated rings. The second kappa shape index (κ2) is 9.55. The first-order valence-electron chi connectivity index (χ1n) is 9.38. The van der Waals surface area contributed by atoms with Gasteiger partial charge in [-0.15, -0.1) is 0 Å². The van der Waals surface area contributed by atoms with Crippen molar-refractivity contribution < 1.29 is 13.2 Å². The fourth-order valence-electron chi connectivity index (χ4n) is 3.02. The summed E-state index contributed by atoms with van der Waals surface area (Å²) in [7, 11) is -0.760. The number of hydrogen-bond donors (Lipinski definition) is 0. The van der Waals surface area contributed by atoms with Crippen molar-refractivity contribution in [1.82, 2.24) is 9.21 Å². The fraction of sp³-hybridized carbons (Fsp3) is 0.174. The molecule has 5 nitrogen and oxygen atoms in total. The second-order valence-corrected chi connectivity index (χ2v) is 10.0. The largest absolute Gasteiger partial charge is 0.330 e. The first-order valence-corrected chi connectivity index (χ1v) is 11.6. The van der Waals surface area contributed by atoms with E-state index < -0.39 is 10.0 Å². The Morgan fingerprint density at radius 2 is 1.33 bits per heavy atom. The van der Waals surface area contributed by atoms with Crippen molar-refractivity contribution in [3.63, 3.8) is 0 Å². The third kappa shape index (κ3) is 5.16. The summed E-state index contributed by atoms with van der Waals surface area (Å²) in [6, 6.07) is 24.1. The second-order valence-electron chi connectivity index (χ2n) is 7.07. The van der Waals surface area contributed by atoms with E-state index in [1.54, 1.807) is 17.0 Å². The van der Waals surface area contributed by atoms with Gasteiger partial charge in [0.1, 0.15) is 0 Å². The van der Waals surface area contributed by atoms with Gasteiger partial charge in [0, 0.05) is 37.2 Å². The average molecular weight is 487 g/mol. The molecule has 0 N–H and O–H groups in total. The maximum absolute atomic E-state index is 13.4. The molecule has 3 aromatic rings. The molecule has 3 rings (SSSR count). The molecule has 0 spiro atoms. The number of sulfonamides is 1. The molecule has 156 valence electrons. The molecule has 0 heterocycles. The Kier molecular flexibility index (Phi) is 7.07. The standard InChI is InChI=1S/C23H23BrN2O3S/c1-25(2)30(28,29)22-15-20(13-14-21(22)24)23(27)26(16-18-9-5-3-6-10-18)17-19-11-7-4-8-12-19/h3-15H,16-17H2,1-2H3. The number of rotatable bonds is 7. The topological polar surface area (TPSA) is 57.7 Å². The van der Waals surface area contributed by atoms with Crippen LogP contribution in [0, 0.1) is 0 Å². The quantitative estimate of drug-likeness (QED) is 0.492. The van der Waals surface area contributed by atoms with Crippen molar-refractivity contribution >= 4 is 31.9 Å². The molecule has 0 atom stereocenters. The maximum Gasteiger partial charge on any atom is 0.254 e. The van der Waals surface area contributed by atoms with Crippen molar-refractivity contribution in [3.05, 3.63) is 100 Å². The number of hydrogen-bond acceptors (Lipinski definition) is 3. The van der Waals surface area contributed by atoms with Gasteiger partial charge in [-0.3, -0.25) is 4.79 Å². The summed E-state index contributed by atoms with van der Waals surface area (Å²) in [4.78, 5) is 15.2. The highest BCUT2D eigenvalue weighted by Crippen LogP contribution is 2.26. The highest BCUT2D eigenvalue weighted by Gasteiger charge is 2.24. The lowest BCUT2D eigenvalue weighted by Gasteiger charge is -2.24. The van der Waals surface area contributed by atoms with Gasteiger partial charge in [-0.1, -0.05) is 60.7 Å². The maximum atomic E-state index is 13.4. The molecule has 7 heteroatoms. The van der Waals surface area contributed by atoms with Crippen LogP contribution in [-0.2, 0) is 23.1 Å². The third-order valence-electron chi connectivity index (χ3n) is 4.66. The molecule has 0 bridgehead atoms. The molecule has 3 aromatic carbocycles. The summed E-state index contributed by atoms with van der Waals surface area (Å²) >= 11 is 3.30.